The third-order valence-corrected chi connectivity index (χ3v) is 2.69. The first-order valence-corrected chi connectivity index (χ1v) is 5.72. The lowest BCUT2D eigenvalue weighted by Crippen LogP contribution is -2.51. The minimum Gasteiger partial charge on any atom is -0.481 e. The van der Waals surface area contributed by atoms with Gasteiger partial charge in [-0.3, -0.25) is 4.79 Å². The number of alkyl halides is 2. The van der Waals surface area contributed by atoms with Crippen molar-refractivity contribution in [1.82, 2.24) is 5.32 Å². The predicted molar refractivity (Wildman–Crippen MR) is 59.9 cm³/mol. The molecule has 1 fully saturated rings. The molecule has 0 radical (unpaired) electrons. The molecule has 1 saturated carbocycles. The fourth-order valence-electron chi connectivity index (χ4n) is 1.88. The second-order valence-electron chi connectivity index (χ2n) is 5.52. The van der Waals surface area contributed by atoms with Gasteiger partial charge in [-0.15, -0.1) is 0 Å². The molecular weight excluding hydrogens is 264 g/mol. The highest BCUT2D eigenvalue weighted by Crippen LogP contribution is 2.39. The third-order valence-electron chi connectivity index (χ3n) is 2.69. The average molecular weight is 281 g/mol. The molecule has 3 N–H and O–H groups in total. The van der Waals surface area contributed by atoms with Crippen LogP contribution in [-0.4, -0.2) is 45.9 Å². The Balaban J connectivity index is 2.77. The smallest absolute Gasteiger partial charge is 0.408 e. The molecule has 0 aliphatic heterocycles. The molecule has 0 aromatic rings. The standard InChI is InChI=1S/C11H17F2NO5/c1-10(2,3)19-9(18)14-7-6(15)5(8(16)17)4-11(7,12)13/h5-7,15H,4H2,1-3H3,(H,14,18)(H,16,17). The zero-order valence-electron chi connectivity index (χ0n) is 10.8. The summed E-state index contributed by atoms with van der Waals surface area (Å²) in [5.41, 5.74) is -0.880. The Kier molecular flexibility index (Phi) is 4.04. The van der Waals surface area contributed by atoms with Crippen LogP contribution in [0.4, 0.5) is 13.6 Å². The SMILES string of the molecule is CC(C)(C)OC(=O)NC1C(O)C(C(=O)O)CC1(F)F. The van der Waals surface area contributed by atoms with Crippen molar-refractivity contribution in [3.05, 3.63) is 0 Å². The van der Waals surface area contributed by atoms with Crippen LogP contribution < -0.4 is 5.32 Å². The zero-order valence-corrected chi connectivity index (χ0v) is 10.8. The van der Waals surface area contributed by atoms with Gasteiger partial charge < -0.3 is 20.3 Å². The first-order valence-electron chi connectivity index (χ1n) is 5.72. The van der Waals surface area contributed by atoms with E-state index in [1.54, 1.807) is 20.8 Å². The number of amides is 1. The van der Waals surface area contributed by atoms with Gasteiger partial charge in [0.1, 0.15) is 11.6 Å². The van der Waals surface area contributed by atoms with E-state index in [4.69, 9.17) is 9.84 Å². The van der Waals surface area contributed by atoms with Gasteiger partial charge in [-0.1, -0.05) is 0 Å². The van der Waals surface area contributed by atoms with Gasteiger partial charge in [0, 0.05) is 6.42 Å². The van der Waals surface area contributed by atoms with Crippen LogP contribution in [0, 0.1) is 5.92 Å². The predicted octanol–water partition coefficient (Wildman–Crippen LogP) is 0.980. The third kappa shape index (κ3) is 3.76. The van der Waals surface area contributed by atoms with Gasteiger partial charge in [0.25, 0.3) is 5.92 Å². The van der Waals surface area contributed by atoms with Crippen LogP contribution in [0.2, 0.25) is 0 Å². The summed E-state index contributed by atoms with van der Waals surface area (Å²) in [5.74, 6) is -6.64. The Labute approximate surface area is 108 Å². The molecule has 0 saturated heterocycles. The molecular formula is C11H17F2NO5. The number of carboxylic acid groups (broad SMARTS) is 1. The van der Waals surface area contributed by atoms with Crippen LogP contribution in [-0.2, 0) is 9.53 Å². The van der Waals surface area contributed by atoms with Gasteiger partial charge in [0.15, 0.2) is 0 Å². The number of aliphatic carboxylic acids is 1. The van der Waals surface area contributed by atoms with Crippen LogP contribution in [0.15, 0.2) is 0 Å². The maximum Gasteiger partial charge on any atom is 0.408 e. The van der Waals surface area contributed by atoms with Crippen molar-refractivity contribution < 1.29 is 33.3 Å². The van der Waals surface area contributed by atoms with E-state index in [9.17, 15) is 23.5 Å². The molecule has 3 atom stereocenters. The van der Waals surface area contributed by atoms with Crippen LogP contribution in [0.1, 0.15) is 27.2 Å². The number of rotatable bonds is 2. The Morgan fingerprint density at radius 2 is 1.89 bits per heavy atom. The molecule has 0 heterocycles. The van der Waals surface area contributed by atoms with E-state index in [1.165, 1.54) is 0 Å². The van der Waals surface area contributed by atoms with Crippen molar-refractivity contribution in [3.8, 4) is 0 Å². The van der Waals surface area contributed by atoms with E-state index in [1.807, 2.05) is 5.32 Å². The van der Waals surface area contributed by atoms with E-state index in [2.05, 4.69) is 0 Å². The fraction of sp³-hybridized carbons (Fsp3) is 0.818. The van der Waals surface area contributed by atoms with Crippen LogP contribution in [0.25, 0.3) is 0 Å². The first kappa shape index (κ1) is 15.6. The minimum atomic E-state index is -3.50. The van der Waals surface area contributed by atoms with Crippen LogP contribution in [0.5, 0.6) is 0 Å². The molecule has 3 unspecified atom stereocenters. The molecule has 0 bridgehead atoms. The van der Waals surface area contributed by atoms with Crippen molar-refractivity contribution >= 4 is 12.1 Å². The van der Waals surface area contributed by atoms with E-state index < -0.39 is 48.1 Å². The van der Waals surface area contributed by atoms with Gasteiger partial charge in [0.05, 0.1) is 12.0 Å². The lowest BCUT2D eigenvalue weighted by Gasteiger charge is -2.26. The summed E-state index contributed by atoms with van der Waals surface area (Å²) in [6.07, 6.45) is -4.01. The summed E-state index contributed by atoms with van der Waals surface area (Å²) in [7, 11) is 0. The molecule has 19 heavy (non-hydrogen) atoms. The summed E-state index contributed by atoms with van der Waals surface area (Å²) < 4.78 is 31.9. The van der Waals surface area contributed by atoms with Gasteiger partial charge in [-0.25, -0.2) is 13.6 Å². The van der Waals surface area contributed by atoms with Crippen molar-refractivity contribution in [3.63, 3.8) is 0 Å². The molecule has 0 aromatic carbocycles. The highest BCUT2D eigenvalue weighted by Gasteiger charge is 2.58. The maximum absolute atomic E-state index is 13.6. The summed E-state index contributed by atoms with van der Waals surface area (Å²) >= 11 is 0. The molecule has 8 heteroatoms. The topological polar surface area (TPSA) is 95.9 Å². The van der Waals surface area contributed by atoms with Gasteiger partial charge in [-0.05, 0) is 20.8 Å². The summed E-state index contributed by atoms with van der Waals surface area (Å²) in [6.45, 7) is 4.65. The lowest BCUT2D eigenvalue weighted by molar-refractivity contribution is -0.145. The van der Waals surface area contributed by atoms with Crippen molar-refractivity contribution in [2.45, 2.75) is 50.9 Å². The number of ether oxygens (including phenoxy) is 1. The highest BCUT2D eigenvalue weighted by molar-refractivity contribution is 5.73. The molecule has 1 aliphatic rings. The number of hydrogen-bond donors (Lipinski definition) is 3. The van der Waals surface area contributed by atoms with Gasteiger partial charge in [-0.2, -0.15) is 0 Å². The Hall–Kier alpha value is -1.44. The summed E-state index contributed by atoms with van der Waals surface area (Å²) in [6, 6.07) is -1.97. The van der Waals surface area contributed by atoms with E-state index in [0.717, 1.165) is 0 Å². The number of hydrogen-bond acceptors (Lipinski definition) is 4. The Morgan fingerprint density at radius 3 is 2.26 bits per heavy atom. The highest BCUT2D eigenvalue weighted by atomic mass is 19.3. The maximum atomic E-state index is 13.6. The monoisotopic (exact) mass is 281 g/mol. The number of aliphatic hydroxyl groups is 1. The number of carboxylic acids is 1. The Morgan fingerprint density at radius 1 is 1.37 bits per heavy atom. The Bertz CT molecular complexity index is 380. The number of nitrogens with one attached hydrogen (secondary N) is 1. The summed E-state index contributed by atoms with van der Waals surface area (Å²) in [4.78, 5) is 22.1. The van der Waals surface area contributed by atoms with E-state index >= 15 is 0 Å². The van der Waals surface area contributed by atoms with Gasteiger partial charge >= 0.3 is 12.1 Å². The number of aliphatic hydroxyl groups excluding tert-OH is 1. The van der Waals surface area contributed by atoms with Crippen molar-refractivity contribution in [2.75, 3.05) is 0 Å². The first-order chi connectivity index (χ1) is 8.44. The number of alkyl carbamates (subject to hydrolysis) is 1. The quantitative estimate of drug-likeness (QED) is 0.701. The molecule has 0 aromatic heterocycles. The van der Waals surface area contributed by atoms with E-state index in [-0.39, 0.29) is 0 Å². The largest absolute Gasteiger partial charge is 0.481 e. The van der Waals surface area contributed by atoms with Crippen LogP contribution >= 0.6 is 0 Å². The number of carbonyl (C=O) groups is 2. The molecule has 110 valence electrons. The van der Waals surface area contributed by atoms with Gasteiger partial charge in [0.2, 0.25) is 0 Å². The van der Waals surface area contributed by atoms with Crippen molar-refractivity contribution in [1.29, 1.82) is 0 Å². The molecule has 6 nitrogen and oxygen atoms in total. The molecule has 1 rings (SSSR count). The molecule has 1 amide bonds. The summed E-state index contributed by atoms with van der Waals surface area (Å²) in [5, 5.41) is 20.1. The molecule has 1 aliphatic carbocycles. The van der Waals surface area contributed by atoms with E-state index in [0.29, 0.717) is 0 Å². The van der Waals surface area contributed by atoms with Crippen LogP contribution in [0.3, 0.4) is 0 Å². The molecule has 0 spiro atoms. The second kappa shape index (κ2) is 4.92. The number of carbonyl (C=O) groups excluding carboxylic acids is 1. The zero-order chi connectivity index (χ0) is 15.0. The number of halogens is 2. The fourth-order valence-corrected chi connectivity index (χ4v) is 1.88. The normalized spacial score (nSPS) is 29.9. The lowest BCUT2D eigenvalue weighted by atomic mass is 10.1. The second-order valence-corrected chi connectivity index (χ2v) is 5.52. The van der Waals surface area contributed by atoms with Crippen molar-refractivity contribution in [2.24, 2.45) is 5.92 Å². The minimum absolute atomic E-state index is 0.880. The average Bonchev–Trinajstić information content (AvgIpc) is 2.38.